The lowest BCUT2D eigenvalue weighted by Gasteiger charge is -2.25. The van der Waals surface area contributed by atoms with Crippen molar-refractivity contribution in [1.82, 2.24) is 9.80 Å². The molecule has 2 aromatic carbocycles. The molecule has 2 aromatic rings. The van der Waals surface area contributed by atoms with Gasteiger partial charge in [-0.3, -0.25) is 4.79 Å². The molecular weight excluding hydrogens is 328 g/mol. The smallest absolute Gasteiger partial charge is 0.305 e. The number of hydrogen-bond donors (Lipinski definition) is 1. The molecule has 0 spiro atoms. The van der Waals surface area contributed by atoms with Gasteiger partial charge in [0.2, 0.25) is 0 Å². The number of carboxylic acid groups (broad SMARTS) is 1. The van der Waals surface area contributed by atoms with E-state index < -0.39 is 5.97 Å². The number of carboxylic acids is 1. The van der Waals surface area contributed by atoms with E-state index in [1.54, 1.807) is 0 Å². The fourth-order valence-electron chi connectivity index (χ4n) is 3.32. The summed E-state index contributed by atoms with van der Waals surface area (Å²) in [5.74, 6) is -0.352. The zero-order valence-electron chi connectivity index (χ0n) is 14.2. The molecule has 0 atom stereocenters. The summed E-state index contributed by atoms with van der Waals surface area (Å²) in [4.78, 5) is 18.1. The number of allylic oxidation sites excluding steroid dienone is 1. The maximum Gasteiger partial charge on any atom is 0.305 e. The molecule has 1 aliphatic rings. The van der Waals surface area contributed by atoms with Crippen LogP contribution in [0, 0.1) is 17.9 Å². The minimum absolute atomic E-state index is 0.00752. The highest BCUT2D eigenvalue weighted by Gasteiger charge is 2.28. The van der Waals surface area contributed by atoms with Gasteiger partial charge in [-0.05, 0) is 16.3 Å². The number of carbonyl (C=O) groups is 1. The van der Waals surface area contributed by atoms with Gasteiger partial charge in [0.1, 0.15) is 5.82 Å². The summed E-state index contributed by atoms with van der Waals surface area (Å²) in [7, 11) is 0. The van der Waals surface area contributed by atoms with E-state index in [-0.39, 0.29) is 18.7 Å². The van der Waals surface area contributed by atoms with Crippen LogP contribution in [0.25, 0.3) is 15.6 Å². The van der Waals surface area contributed by atoms with Crippen LogP contribution < -0.4 is 0 Å². The monoisotopic (exact) mass is 346 g/mol. The summed E-state index contributed by atoms with van der Waals surface area (Å²) in [6, 6.07) is 16.2. The van der Waals surface area contributed by atoms with E-state index in [0.717, 1.165) is 16.3 Å². The summed E-state index contributed by atoms with van der Waals surface area (Å²) in [6.45, 7) is 9.42. The second-order valence-electron chi connectivity index (χ2n) is 6.09. The Hall–Kier alpha value is -3.51. The minimum atomic E-state index is -0.891. The molecule has 0 aromatic heterocycles. The molecule has 1 N–H and O–H groups in total. The van der Waals surface area contributed by atoms with Gasteiger partial charge in [0, 0.05) is 26.2 Å². The SMILES string of the molecule is [C-]#[N+]C(C#N)=C1N(CCC(=O)O)CCN1Cc1cccc2ccccc12. The number of nitriles is 1. The van der Waals surface area contributed by atoms with Gasteiger partial charge >= 0.3 is 11.7 Å². The van der Waals surface area contributed by atoms with E-state index in [4.69, 9.17) is 11.7 Å². The average Bonchev–Trinajstić information content (AvgIpc) is 3.04. The van der Waals surface area contributed by atoms with Gasteiger partial charge in [0.05, 0.1) is 19.1 Å². The van der Waals surface area contributed by atoms with E-state index in [9.17, 15) is 10.1 Å². The Balaban J connectivity index is 1.93. The Morgan fingerprint density at radius 1 is 1.19 bits per heavy atom. The van der Waals surface area contributed by atoms with Crippen molar-refractivity contribution in [1.29, 1.82) is 5.26 Å². The molecule has 1 aliphatic heterocycles. The van der Waals surface area contributed by atoms with Crippen molar-refractivity contribution in [2.75, 3.05) is 19.6 Å². The van der Waals surface area contributed by atoms with E-state index in [0.29, 0.717) is 25.5 Å². The standard InChI is InChI=1S/C20H18N4O2/c1-22-18(13-21)20-23(10-9-19(25)26)11-12-24(20)14-16-7-4-6-15-5-2-3-8-17(15)16/h2-8H,9-12,14H2,(H,25,26). The van der Waals surface area contributed by atoms with E-state index in [1.165, 1.54) is 0 Å². The molecule has 0 bridgehead atoms. The van der Waals surface area contributed by atoms with Crippen LogP contribution in [0.1, 0.15) is 12.0 Å². The summed E-state index contributed by atoms with van der Waals surface area (Å²) in [6.07, 6.45) is -0.0255. The first-order chi connectivity index (χ1) is 12.6. The van der Waals surface area contributed by atoms with Crippen LogP contribution in [-0.2, 0) is 11.3 Å². The van der Waals surface area contributed by atoms with Gasteiger partial charge in [-0.25, -0.2) is 10.1 Å². The molecule has 0 aliphatic carbocycles. The molecule has 0 unspecified atom stereocenters. The van der Waals surface area contributed by atoms with Crippen molar-refractivity contribution in [3.8, 4) is 6.07 Å². The number of benzene rings is 2. The van der Waals surface area contributed by atoms with Crippen molar-refractivity contribution >= 4 is 16.7 Å². The molecule has 1 saturated heterocycles. The Morgan fingerprint density at radius 3 is 2.65 bits per heavy atom. The highest BCUT2D eigenvalue weighted by atomic mass is 16.4. The molecule has 26 heavy (non-hydrogen) atoms. The number of hydrogen-bond acceptors (Lipinski definition) is 4. The maximum atomic E-state index is 10.9. The molecular formula is C20H18N4O2. The van der Waals surface area contributed by atoms with Gasteiger partial charge in [0.25, 0.3) is 0 Å². The molecule has 3 rings (SSSR count). The van der Waals surface area contributed by atoms with Crippen molar-refractivity contribution in [3.05, 3.63) is 71.0 Å². The quantitative estimate of drug-likeness (QED) is 0.665. The Kier molecular flexibility index (Phi) is 5.05. The van der Waals surface area contributed by atoms with Crippen LogP contribution in [0.4, 0.5) is 0 Å². The zero-order valence-corrected chi connectivity index (χ0v) is 14.2. The number of fused-ring (bicyclic) bond motifs is 1. The first-order valence-electron chi connectivity index (χ1n) is 8.34. The Morgan fingerprint density at radius 2 is 1.92 bits per heavy atom. The third kappa shape index (κ3) is 3.45. The number of nitrogens with zero attached hydrogens (tertiary/aromatic N) is 4. The topological polar surface area (TPSA) is 71.9 Å². The third-order valence-electron chi connectivity index (χ3n) is 4.51. The normalized spacial score (nSPS) is 15.6. The zero-order chi connectivity index (χ0) is 18.5. The summed E-state index contributed by atoms with van der Waals surface area (Å²) in [5, 5.41) is 20.6. The Labute approximate surface area is 152 Å². The van der Waals surface area contributed by atoms with E-state index >= 15 is 0 Å². The van der Waals surface area contributed by atoms with Gasteiger partial charge < -0.3 is 14.9 Å². The fraction of sp³-hybridized carbons (Fsp3) is 0.250. The second kappa shape index (κ2) is 7.58. The summed E-state index contributed by atoms with van der Waals surface area (Å²) < 4.78 is 0. The fourth-order valence-corrected chi connectivity index (χ4v) is 3.32. The van der Waals surface area contributed by atoms with Crippen molar-refractivity contribution in [3.63, 3.8) is 0 Å². The van der Waals surface area contributed by atoms with Crippen LogP contribution in [0.15, 0.2) is 54.0 Å². The van der Waals surface area contributed by atoms with E-state index in [2.05, 4.69) is 23.0 Å². The molecule has 6 nitrogen and oxygen atoms in total. The lowest BCUT2D eigenvalue weighted by Crippen LogP contribution is -2.26. The first-order valence-corrected chi connectivity index (χ1v) is 8.34. The molecule has 1 heterocycles. The van der Waals surface area contributed by atoms with Crippen molar-refractivity contribution in [2.24, 2.45) is 0 Å². The Bertz CT molecular complexity index is 931. The van der Waals surface area contributed by atoms with Crippen LogP contribution in [-0.4, -0.2) is 40.5 Å². The minimum Gasteiger partial charge on any atom is -0.481 e. The summed E-state index contributed by atoms with van der Waals surface area (Å²) in [5.41, 5.74) is 1.12. The van der Waals surface area contributed by atoms with Crippen molar-refractivity contribution < 1.29 is 9.90 Å². The number of aliphatic carboxylic acids is 1. The largest absolute Gasteiger partial charge is 0.481 e. The second-order valence-corrected chi connectivity index (χ2v) is 6.09. The number of rotatable bonds is 5. The van der Waals surface area contributed by atoms with Gasteiger partial charge in [-0.15, -0.1) is 0 Å². The molecule has 6 heteroatoms. The molecule has 0 radical (unpaired) electrons. The van der Waals surface area contributed by atoms with Crippen LogP contribution in [0.5, 0.6) is 0 Å². The van der Waals surface area contributed by atoms with Crippen molar-refractivity contribution in [2.45, 2.75) is 13.0 Å². The highest BCUT2D eigenvalue weighted by Crippen LogP contribution is 2.27. The average molecular weight is 346 g/mol. The van der Waals surface area contributed by atoms with Crippen LogP contribution in [0.3, 0.4) is 0 Å². The highest BCUT2D eigenvalue weighted by molar-refractivity contribution is 5.85. The lowest BCUT2D eigenvalue weighted by molar-refractivity contribution is -0.137. The van der Waals surface area contributed by atoms with Gasteiger partial charge in [-0.1, -0.05) is 42.5 Å². The van der Waals surface area contributed by atoms with Gasteiger partial charge in [0.15, 0.2) is 0 Å². The lowest BCUT2D eigenvalue weighted by atomic mass is 10.0. The molecule has 0 saturated carbocycles. The van der Waals surface area contributed by atoms with Crippen LogP contribution in [0.2, 0.25) is 0 Å². The molecule has 1 fully saturated rings. The summed E-state index contributed by atoms with van der Waals surface area (Å²) >= 11 is 0. The van der Waals surface area contributed by atoms with E-state index in [1.807, 2.05) is 40.1 Å². The molecule has 0 amide bonds. The molecule has 130 valence electrons. The van der Waals surface area contributed by atoms with Crippen LogP contribution >= 0.6 is 0 Å². The van der Waals surface area contributed by atoms with Gasteiger partial charge in [-0.2, -0.15) is 0 Å². The third-order valence-corrected chi connectivity index (χ3v) is 4.51. The maximum absolute atomic E-state index is 10.9. The predicted octanol–water partition coefficient (Wildman–Crippen LogP) is 3.04. The first kappa shape index (κ1) is 17.3. The predicted molar refractivity (Wildman–Crippen MR) is 97.4 cm³/mol.